The Bertz CT molecular complexity index is 427. The minimum atomic E-state index is -0.756. The maximum atomic E-state index is 11.5. The molecule has 1 aromatic heterocycles. The number of oxazole rings is 1. The Labute approximate surface area is 103 Å². The normalized spacial score (nSPS) is 18.7. The molecule has 0 radical (unpaired) electrons. The molecular formula is C11H13NO6. The van der Waals surface area contributed by atoms with Crippen molar-refractivity contribution in [3.63, 3.8) is 0 Å². The van der Waals surface area contributed by atoms with Gasteiger partial charge in [-0.2, -0.15) is 0 Å². The Morgan fingerprint density at radius 3 is 2.56 bits per heavy atom. The van der Waals surface area contributed by atoms with E-state index in [1.54, 1.807) is 0 Å². The van der Waals surface area contributed by atoms with Crippen LogP contribution in [-0.4, -0.2) is 44.4 Å². The van der Waals surface area contributed by atoms with E-state index >= 15 is 0 Å². The van der Waals surface area contributed by atoms with Gasteiger partial charge in [-0.15, -0.1) is 0 Å². The molecule has 18 heavy (non-hydrogen) atoms. The first-order valence-corrected chi connectivity index (χ1v) is 5.42. The van der Waals surface area contributed by atoms with Crippen LogP contribution in [0.3, 0.4) is 0 Å². The molecule has 0 N–H and O–H groups in total. The van der Waals surface area contributed by atoms with Crippen LogP contribution < -0.4 is 0 Å². The van der Waals surface area contributed by atoms with Crippen LogP contribution in [0, 0.1) is 0 Å². The first-order chi connectivity index (χ1) is 8.67. The minimum Gasteiger partial charge on any atom is -0.464 e. The van der Waals surface area contributed by atoms with Crippen LogP contribution in [0.5, 0.6) is 0 Å². The highest BCUT2D eigenvalue weighted by atomic mass is 16.5. The number of nitrogens with zero attached hydrogens (tertiary/aromatic N) is 1. The van der Waals surface area contributed by atoms with Crippen molar-refractivity contribution in [1.29, 1.82) is 0 Å². The summed E-state index contributed by atoms with van der Waals surface area (Å²) in [5, 5.41) is 0. The second kappa shape index (κ2) is 5.18. The van der Waals surface area contributed by atoms with E-state index in [0.717, 1.165) is 6.42 Å². The standard InChI is InChI=1S/C11H13NO6/c1-15-10(13)7-8(11(14)16-2)18-9(12-7)6-3-4-17-5-6/h6H,3-5H2,1-2H3. The molecule has 1 aromatic rings. The number of ether oxygens (including phenoxy) is 3. The smallest absolute Gasteiger partial charge is 0.376 e. The Hall–Kier alpha value is -1.89. The number of aromatic nitrogens is 1. The first kappa shape index (κ1) is 12.6. The maximum Gasteiger partial charge on any atom is 0.376 e. The van der Waals surface area contributed by atoms with Crippen LogP contribution >= 0.6 is 0 Å². The van der Waals surface area contributed by atoms with Gasteiger partial charge in [-0.25, -0.2) is 14.6 Å². The summed E-state index contributed by atoms with van der Waals surface area (Å²) in [6.45, 7) is 1.07. The van der Waals surface area contributed by atoms with Gasteiger partial charge in [0.25, 0.3) is 0 Å². The van der Waals surface area contributed by atoms with Crippen molar-refractivity contribution >= 4 is 11.9 Å². The Morgan fingerprint density at radius 2 is 2.00 bits per heavy atom. The molecule has 0 saturated carbocycles. The fourth-order valence-corrected chi connectivity index (χ4v) is 1.71. The van der Waals surface area contributed by atoms with Crippen molar-refractivity contribution < 1.29 is 28.2 Å². The fraction of sp³-hybridized carbons (Fsp3) is 0.545. The molecule has 1 unspecified atom stereocenters. The molecule has 1 aliphatic heterocycles. The van der Waals surface area contributed by atoms with Gasteiger partial charge in [0.2, 0.25) is 17.3 Å². The molecule has 1 atom stereocenters. The molecule has 0 bridgehead atoms. The third-order valence-electron chi connectivity index (χ3n) is 2.67. The van der Waals surface area contributed by atoms with Gasteiger partial charge in [-0.3, -0.25) is 0 Å². The molecule has 0 spiro atoms. The fourth-order valence-electron chi connectivity index (χ4n) is 1.71. The number of carbonyl (C=O) groups excluding carboxylic acids is 2. The predicted molar refractivity (Wildman–Crippen MR) is 57.4 cm³/mol. The van der Waals surface area contributed by atoms with Gasteiger partial charge in [0.1, 0.15) is 0 Å². The lowest BCUT2D eigenvalue weighted by Gasteiger charge is -1.99. The summed E-state index contributed by atoms with van der Waals surface area (Å²) in [5.41, 5.74) is -0.161. The van der Waals surface area contributed by atoms with E-state index in [0.29, 0.717) is 19.1 Å². The summed E-state index contributed by atoms with van der Waals surface area (Å²) in [5.74, 6) is -1.47. The monoisotopic (exact) mass is 255 g/mol. The van der Waals surface area contributed by atoms with Crippen LogP contribution in [0.1, 0.15) is 39.3 Å². The van der Waals surface area contributed by atoms with Gasteiger partial charge in [0, 0.05) is 6.61 Å². The molecule has 0 aliphatic carbocycles. The highest BCUT2D eigenvalue weighted by Gasteiger charge is 2.31. The number of rotatable bonds is 3. The topological polar surface area (TPSA) is 87.9 Å². The van der Waals surface area contributed by atoms with E-state index in [1.807, 2.05) is 0 Å². The number of carbonyl (C=O) groups is 2. The van der Waals surface area contributed by atoms with Crippen LogP contribution in [0.25, 0.3) is 0 Å². The van der Waals surface area contributed by atoms with Crippen LogP contribution in [0.4, 0.5) is 0 Å². The van der Waals surface area contributed by atoms with E-state index < -0.39 is 11.9 Å². The van der Waals surface area contributed by atoms with Crippen molar-refractivity contribution in [2.75, 3.05) is 27.4 Å². The zero-order valence-corrected chi connectivity index (χ0v) is 10.1. The molecule has 1 saturated heterocycles. The quantitative estimate of drug-likeness (QED) is 0.736. The SMILES string of the molecule is COC(=O)c1nc(C2CCOC2)oc1C(=O)OC. The molecule has 7 heteroatoms. The predicted octanol–water partition coefficient (Wildman–Crippen LogP) is 0.752. The summed E-state index contributed by atoms with van der Waals surface area (Å²) in [4.78, 5) is 27.0. The third kappa shape index (κ3) is 2.21. The zero-order valence-electron chi connectivity index (χ0n) is 10.1. The number of hydrogen-bond acceptors (Lipinski definition) is 7. The highest BCUT2D eigenvalue weighted by Crippen LogP contribution is 2.27. The van der Waals surface area contributed by atoms with Crippen LogP contribution in [-0.2, 0) is 14.2 Å². The first-order valence-electron chi connectivity index (χ1n) is 5.42. The Kier molecular flexibility index (Phi) is 3.61. The van der Waals surface area contributed by atoms with Gasteiger partial charge in [0.05, 0.1) is 26.7 Å². The molecule has 7 nitrogen and oxygen atoms in total. The second-order valence-electron chi connectivity index (χ2n) is 3.77. The molecule has 1 aliphatic rings. The molecule has 2 heterocycles. The van der Waals surface area contributed by atoms with Crippen molar-refractivity contribution in [2.45, 2.75) is 12.3 Å². The molecule has 0 aromatic carbocycles. The number of hydrogen-bond donors (Lipinski definition) is 0. The molecule has 1 fully saturated rings. The molecule has 98 valence electrons. The third-order valence-corrected chi connectivity index (χ3v) is 2.67. The van der Waals surface area contributed by atoms with Crippen LogP contribution in [0.2, 0.25) is 0 Å². The lowest BCUT2D eigenvalue weighted by molar-refractivity contribution is 0.0525. The minimum absolute atomic E-state index is 0.0492. The van der Waals surface area contributed by atoms with E-state index in [4.69, 9.17) is 9.15 Å². The highest BCUT2D eigenvalue weighted by molar-refractivity contribution is 5.99. The summed E-state index contributed by atoms with van der Waals surface area (Å²) >= 11 is 0. The summed E-state index contributed by atoms with van der Waals surface area (Å²) in [7, 11) is 2.40. The lowest BCUT2D eigenvalue weighted by atomic mass is 10.1. The number of methoxy groups -OCH3 is 2. The van der Waals surface area contributed by atoms with E-state index in [9.17, 15) is 9.59 Å². The maximum absolute atomic E-state index is 11.5. The van der Waals surface area contributed by atoms with Crippen molar-refractivity contribution in [1.82, 2.24) is 4.98 Å². The van der Waals surface area contributed by atoms with E-state index in [2.05, 4.69) is 14.5 Å². The largest absolute Gasteiger partial charge is 0.464 e. The van der Waals surface area contributed by atoms with E-state index in [1.165, 1.54) is 14.2 Å². The van der Waals surface area contributed by atoms with Gasteiger partial charge >= 0.3 is 11.9 Å². The van der Waals surface area contributed by atoms with Gasteiger partial charge in [0.15, 0.2) is 0 Å². The van der Waals surface area contributed by atoms with Crippen LogP contribution in [0.15, 0.2) is 4.42 Å². The molecular weight excluding hydrogens is 242 g/mol. The van der Waals surface area contributed by atoms with Gasteiger partial charge in [-0.1, -0.05) is 0 Å². The lowest BCUT2D eigenvalue weighted by Crippen LogP contribution is -2.10. The molecule has 0 amide bonds. The Balaban J connectivity index is 2.36. The average molecular weight is 255 g/mol. The van der Waals surface area contributed by atoms with Gasteiger partial charge in [-0.05, 0) is 6.42 Å². The Morgan fingerprint density at radius 1 is 1.28 bits per heavy atom. The van der Waals surface area contributed by atoms with Gasteiger partial charge < -0.3 is 18.6 Å². The summed E-state index contributed by atoms with van der Waals surface area (Å²) in [6.07, 6.45) is 0.738. The summed E-state index contributed by atoms with van der Waals surface area (Å²) in [6, 6.07) is 0. The molecule has 2 rings (SSSR count). The van der Waals surface area contributed by atoms with Crippen molar-refractivity contribution in [3.8, 4) is 0 Å². The second-order valence-corrected chi connectivity index (χ2v) is 3.77. The average Bonchev–Trinajstić information content (AvgIpc) is 3.04. The summed E-state index contributed by atoms with van der Waals surface area (Å²) < 4.78 is 19.6. The van der Waals surface area contributed by atoms with Crippen molar-refractivity contribution in [3.05, 3.63) is 17.3 Å². The number of esters is 2. The van der Waals surface area contributed by atoms with Crippen molar-refractivity contribution in [2.24, 2.45) is 0 Å². The van der Waals surface area contributed by atoms with E-state index in [-0.39, 0.29) is 17.4 Å². The zero-order chi connectivity index (χ0) is 13.1.